The first-order valence-electron chi connectivity index (χ1n) is 6.37. The molecular weight excluding hydrogens is 236 g/mol. The fraction of sp³-hybridized carbons (Fsp3) is 0.833. The van der Waals surface area contributed by atoms with Gasteiger partial charge in [-0.3, -0.25) is 9.59 Å². The third-order valence-electron chi connectivity index (χ3n) is 3.33. The molecule has 6 heteroatoms. The highest BCUT2D eigenvalue weighted by Gasteiger charge is 2.36. The summed E-state index contributed by atoms with van der Waals surface area (Å²) in [7, 11) is 0. The zero-order valence-electron chi connectivity index (χ0n) is 10.8. The van der Waals surface area contributed by atoms with Crippen LogP contribution in [0, 0.1) is 5.92 Å². The molecule has 1 amide bonds. The van der Waals surface area contributed by atoms with Gasteiger partial charge in [-0.1, -0.05) is 13.3 Å². The highest BCUT2D eigenvalue weighted by atomic mass is 16.5. The van der Waals surface area contributed by atoms with Crippen molar-refractivity contribution in [2.75, 3.05) is 19.8 Å². The van der Waals surface area contributed by atoms with Crippen molar-refractivity contribution in [3.8, 4) is 0 Å². The third kappa shape index (κ3) is 3.96. The van der Waals surface area contributed by atoms with Crippen molar-refractivity contribution in [3.05, 3.63) is 0 Å². The van der Waals surface area contributed by atoms with Crippen molar-refractivity contribution in [1.82, 2.24) is 5.32 Å². The number of carbonyl (C=O) groups is 2. The molecule has 0 spiro atoms. The van der Waals surface area contributed by atoms with Gasteiger partial charge < -0.3 is 20.9 Å². The number of carboxylic acid groups (broad SMARTS) is 1. The molecule has 1 heterocycles. The molecule has 1 aliphatic rings. The van der Waals surface area contributed by atoms with Gasteiger partial charge in [-0.2, -0.15) is 0 Å². The molecule has 0 aromatic rings. The first-order valence-corrected chi connectivity index (χ1v) is 6.37. The summed E-state index contributed by atoms with van der Waals surface area (Å²) in [6, 6.07) is 0. The summed E-state index contributed by atoms with van der Waals surface area (Å²) in [4.78, 5) is 22.9. The molecule has 1 saturated heterocycles. The number of carboxylic acids is 1. The Morgan fingerprint density at radius 3 is 2.56 bits per heavy atom. The lowest BCUT2D eigenvalue weighted by Gasteiger charge is -2.32. The number of rotatable bonds is 6. The monoisotopic (exact) mass is 258 g/mol. The topological polar surface area (TPSA) is 102 Å². The van der Waals surface area contributed by atoms with Gasteiger partial charge in [0.15, 0.2) is 0 Å². The Labute approximate surface area is 107 Å². The van der Waals surface area contributed by atoms with Crippen LogP contribution in [0.4, 0.5) is 0 Å². The SMILES string of the molecule is CCCC(CNC(=O)C1(N)CCOCC1)C(=O)O. The van der Waals surface area contributed by atoms with Gasteiger partial charge in [0.1, 0.15) is 0 Å². The van der Waals surface area contributed by atoms with Gasteiger partial charge in [0.05, 0.1) is 11.5 Å². The summed E-state index contributed by atoms with van der Waals surface area (Å²) < 4.78 is 5.16. The summed E-state index contributed by atoms with van der Waals surface area (Å²) >= 11 is 0. The summed E-state index contributed by atoms with van der Waals surface area (Å²) in [5.41, 5.74) is 5.09. The number of hydrogen-bond donors (Lipinski definition) is 3. The Morgan fingerprint density at radius 1 is 1.44 bits per heavy atom. The second kappa shape index (κ2) is 6.70. The van der Waals surface area contributed by atoms with Gasteiger partial charge in [-0.05, 0) is 19.3 Å². The van der Waals surface area contributed by atoms with Crippen LogP contribution in [0.15, 0.2) is 0 Å². The standard InChI is InChI=1S/C12H22N2O4/c1-2-3-9(10(15)16)8-14-11(17)12(13)4-6-18-7-5-12/h9H,2-8,13H2,1H3,(H,14,17)(H,15,16). The van der Waals surface area contributed by atoms with Crippen molar-refractivity contribution in [2.45, 2.75) is 38.1 Å². The Bertz CT molecular complexity index is 300. The molecule has 1 aliphatic heterocycles. The summed E-state index contributed by atoms with van der Waals surface area (Å²) in [6.07, 6.45) is 2.28. The Morgan fingerprint density at radius 2 is 2.06 bits per heavy atom. The lowest BCUT2D eigenvalue weighted by atomic mass is 9.90. The first-order chi connectivity index (χ1) is 8.49. The van der Waals surface area contributed by atoms with Crippen LogP contribution >= 0.6 is 0 Å². The van der Waals surface area contributed by atoms with Crippen LogP contribution in [0.2, 0.25) is 0 Å². The number of hydrogen-bond acceptors (Lipinski definition) is 4. The van der Waals surface area contributed by atoms with Crippen LogP contribution in [-0.2, 0) is 14.3 Å². The lowest BCUT2D eigenvalue weighted by Crippen LogP contribution is -2.57. The van der Waals surface area contributed by atoms with Gasteiger partial charge in [-0.15, -0.1) is 0 Å². The molecule has 1 unspecified atom stereocenters. The lowest BCUT2D eigenvalue weighted by molar-refractivity contribution is -0.142. The van der Waals surface area contributed by atoms with Crippen molar-refractivity contribution in [3.63, 3.8) is 0 Å². The maximum Gasteiger partial charge on any atom is 0.308 e. The molecule has 0 bridgehead atoms. The number of nitrogens with two attached hydrogens (primary N) is 1. The Kier molecular flexibility index (Phi) is 5.55. The molecule has 1 rings (SSSR count). The van der Waals surface area contributed by atoms with Gasteiger partial charge in [-0.25, -0.2) is 0 Å². The average Bonchev–Trinajstić information content (AvgIpc) is 2.34. The second-order valence-electron chi connectivity index (χ2n) is 4.80. The first kappa shape index (κ1) is 14.9. The fourth-order valence-corrected chi connectivity index (χ4v) is 2.02. The molecule has 1 fully saturated rings. The van der Waals surface area contributed by atoms with Crippen molar-refractivity contribution < 1.29 is 19.4 Å². The summed E-state index contributed by atoms with van der Waals surface area (Å²) in [5, 5.41) is 11.6. The number of carbonyl (C=O) groups excluding carboxylic acids is 1. The predicted octanol–water partition coefficient (Wildman–Crippen LogP) is 0.111. The van der Waals surface area contributed by atoms with E-state index in [9.17, 15) is 9.59 Å². The third-order valence-corrected chi connectivity index (χ3v) is 3.33. The molecule has 1 atom stereocenters. The van der Waals surface area contributed by atoms with E-state index in [1.54, 1.807) is 0 Å². The van der Waals surface area contributed by atoms with Crippen LogP contribution in [0.3, 0.4) is 0 Å². The van der Waals surface area contributed by atoms with Gasteiger partial charge in [0.2, 0.25) is 5.91 Å². The number of amides is 1. The van der Waals surface area contributed by atoms with E-state index in [1.807, 2.05) is 6.92 Å². The van der Waals surface area contributed by atoms with Gasteiger partial charge in [0, 0.05) is 19.8 Å². The van der Waals surface area contributed by atoms with Crippen LogP contribution in [0.5, 0.6) is 0 Å². The summed E-state index contributed by atoms with van der Waals surface area (Å²) in [6.45, 7) is 3.00. The quantitative estimate of drug-likeness (QED) is 0.627. The molecule has 0 saturated carbocycles. The van der Waals surface area contributed by atoms with Crippen molar-refractivity contribution >= 4 is 11.9 Å². The Hall–Kier alpha value is -1.14. The molecule has 6 nitrogen and oxygen atoms in total. The van der Waals surface area contributed by atoms with E-state index in [2.05, 4.69) is 5.32 Å². The van der Waals surface area contributed by atoms with Crippen molar-refractivity contribution in [2.24, 2.45) is 11.7 Å². The predicted molar refractivity (Wildman–Crippen MR) is 66.0 cm³/mol. The smallest absolute Gasteiger partial charge is 0.308 e. The zero-order valence-corrected chi connectivity index (χ0v) is 10.8. The Balaban J connectivity index is 2.45. The van der Waals surface area contributed by atoms with E-state index in [0.717, 1.165) is 6.42 Å². The molecule has 0 aromatic heterocycles. The minimum Gasteiger partial charge on any atom is -0.481 e. The largest absolute Gasteiger partial charge is 0.481 e. The second-order valence-corrected chi connectivity index (χ2v) is 4.80. The average molecular weight is 258 g/mol. The minimum atomic E-state index is -0.909. The van der Waals surface area contributed by atoms with Crippen LogP contribution in [0.25, 0.3) is 0 Å². The van der Waals surface area contributed by atoms with Crippen LogP contribution in [0.1, 0.15) is 32.6 Å². The molecule has 0 aromatic carbocycles. The van der Waals surface area contributed by atoms with Gasteiger partial charge >= 0.3 is 5.97 Å². The van der Waals surface area contributed by atoms with E-state index in [1.165, 1.54) is 0 Å². The summed E-state index contributed by atoms with van der Waals surface area (Å²) in [5.74, 6) is -1.69. The molecule has 18 heavy (non-hydrogen) atoms. The highest BCUT2D eigenvalue weighted by molar-refractivity contribution is 5.86. The van der Waals surface area contributed by atoms with Gasteiger partial charge in [0.25, 0.3) is 0 Å². The number of ether oxygens (including phenoxy) is 1. The van der Waals surface area contributed by atoms with Crippen LogP contribution in [-0.4, -0.2) is 42.3 Å². The number of aliphatic carboxylic acids is 1. The minimum absolute atomic E-state index is 0.141. The molecule has 104 valence electrons. The highest BCUT2D eigenvalue weighted by Crippen LogP contribution is 2.18. The normalized spacial score (nSPS) is 20.1. The molecule has 4 N–H and O–H groups in total. The van der Waals surface area contributed by atoms with Crippen molar-refractivity contribution in [1.29, 1.82) is 0 Å². The van der Waals surface area contributed by atoms with E-state index >= 15 is 0 Å². The maximum atomic E-state index is 12.0. The molecule has 0 aliphatic carbocycles. The molecular formula is C12H22N2O4. The zero-order chi connectivity index (χ0) is 13.6. The van der Waals surface area contributed by atoms with Crippen LogP contribution < -0.4 is 11.1 Å². The van der Waals surface area contributed by atoms with E-state index < -0.39 is 17.4 Å². The van der Waals surface area contributed by atoms with E-state index in [-0.39, 0.29) is 12.5 Å². The maximum absolute atomic E-state index is 12.0. The fourth-order valence-electron chi connectivity index (χ4n) is 2.02. The van der Waals surface area contributed by atoms with E-state index in [4.69, 9.17) is 15.6 Å². The molecule has 0 radical (unpaired) electrons. The van der Waals surface area contributed by atoms with E-state index in [0.29, 0.717) is 32.5 Å². The number of nitrogens with one attached hydrogen (secondary N) is 1.